The average Bonchev–Trinajstić information content (AvgIpc) is 1.69. The third-order valence-corrected chi connectivity index (χ3v) is 2.22. The summed E-state index contributed by atoms with van der Waals surface area (Å²) in [7, 11) is 6.38. The van der Waals surface area contributed by atoms with Crippen LogP contribution < -0.4 is 9.72 Å². The highest BCUT2D eigenvalue weighted by molar-refractivity contribution is 7.55. The number of rotatable bonds is 4. The lowest BCUT2D eigenvalue weighted by atomic mass is 13.8. The van der Waals surface area contributed by atoms with Gasteiger partial charge in [0.05, 0.1) is 8.88 Å². The Morgan fingerprint density at radius 3 is 2.86 bits per heavy atom. The normalized spacial score (nSPS) is 12.1. The third kappa shape index (κ3) is 7.31. The van der Waals surface area contributed by atoms with Crippen LogP contribution >= 0.6 is 36.2 Å². The quantitative estimate of drug-likeness (QED) is 0.496. The average molecular weight is 173 g/mol. The van der Waals surface area contributed by atoms with Crippen LogP contribution in [0.3, 0.4) is 0 Å². The second-order valence-corrected chi connectivity index (χ2v) is 4.14. The van der Waals surface area contributed by atoms with Crippen molar-refractivity contribution < 1.29 is 0 Å². The van der Waals surface area contributed by atoms with E-state index in [-0.39, 0.29) is 0 Å². The lowest BCUT2D eigenvalue weighted by Gasteiger charge is -1.93. The predicted octanol–water partition coefficient (Wildman–Crippen LogP) is 1.30. The van der Waals surface area contributed by atoms with Gasteiger partial charge in [-0.15, -0.1) is 0 Å². The van der Waals surface area contributed by atoms with Crippen molar-refractivity contribution in [1.82, 2.24) is 9.72 Å². The largest absolute Gasteiger partial charge is 0.269 e. The van der Waals surface area contributed by atoms with E-state index in [1.54, 1.807) is 0 Å². The zero-order valence-corrected chi connectivity index (χ0v) is 7.68. The summed E-state index contributed by atoms with van der Waals surface area (Å²) in [5.74, 6) is 0. The maximum atomic E-state index is 3.65. The first-order chi connectivity index (χ1) is 3.41. The van der Waals surface area contributed by atoms with E-state index in [1.165, 1.54) is 0 Å². The van der Waals surface area contributed by atoms with E-state index in [9.17, 15) is 0 Å². The van der Waals surface area contributed by atoms with E-state index < -0.39 is 0 Å². The summed E-state index contributed by atoms with van der Waals surface area (Å²) in [5, 5.41) is 0. The van der Waals surface area contributed by atoms with Crippen LogP contribution in [0.1, 0.15) is 0 Å². The van der Waals surface area contributed by atoms with Gasteiger partial charge in [0.1, 0.15) is 0 Å². The minimum absolute atomic E-state index is 0.447. The molecule has 0 aromatic carbocycles. The van der Waals surface area contributed by atoms with Gasteiger partial charge in [0.15, 0.2) is 0 Å². The second-order valence-electron chi connectivity index (χ2n) is 0.618. The summed E-state index contributed by atoms with van der Waals surface area (Å²) in [6.07, 6.45) is 0. The van der Waals surface area contributed by atoms with Gasteiger partial charge in [0.25, 0.3) is 0 Å². The molecule has 3 atom stereocenters. The van der Waals surface area contributed by atoms with Gasteiger partial charge in [0, 0.05) is 8.88 Å². The van der Waals surface area contributed by atoms with Crippen LogP contribution in [0.5, 0.6) is 0 Å². The highest BCUT2D eigenvalue weighted by atomic mass is 31.2. The molecule has 0 aliphatic heterocycles. The van der Waals surface area contributed by atoms with Crippen LogP contribution in [-0.2, 0) is 0 Å². The molecule has 0 fully saturated rings. The molecule has 0 saturated heterocycles. The van der Waals surface area contributed by atoms with Crippen molar-refractivity contribution in [3.05, 3.63) is 0 Å². The molecular formula is H7N3P4. The van der Waals surface area contributed by atoms with Crippen LogP contribution in [0.15, 0.2) is 4.52 Å². The third-order valence-electron chi connectivity index (χ3n) is 0.246. The fraction of sp³-hybridized carbons (Fsp3) is 0. The molecule has 2 N–H and O–H groups in total. The molecule has 7 heavy (non-hydrogen) atoms. The Morgan fingerprint density at radius 2 is 2.43 bits per heavy atom. The molecular weight excluding hydrogens is 166 g/mol. The zero-order valence-electron chi connectivity index (χ0n) is 3.52. The van der Waals surface area contributed by atoms with E-state index in [0.29, 0.717) is 17.8 Å². The predicted molar refractivity (Wildman–Crippen MR) is 43.4 cm³/mol. The van der Waals surface area contributed by atoms with Gasteiger partial charge in [-0.2, -0.15) is 0 Å². The SMILES string of the molecule is P=NPNPNP. The Balaban J connectivity index is 2.56. The number of hydrogen-bond donors (Lipinski definition) is 2. The second kappa shape index (κ2) is 7.31. The smallest absolute Gasteiger partial charge is 0.0807 e. The first-order valence-corrected chi connectivity index (χ1v) is 4.46. The number of hydrogen-bond acceptors (Lipinski definition) is 3. The van der Waals surface area contributed by atoms with Gasteiger partial charge in [-0.1, -0.05) is 9.39 Å². The molecule has 0 aromatic rings. The minimum Gasteiger partial charge on any atom is -0.269 e. The highest BCUT2D eigenvalue weighted by Gasteiger charge is 1.72. The van der Waals surface area contributed by atoms with Gasteiger partial charge < -0.3 is 0 Å². The van der Waals surface area contributed by atoms with Gasteiger partial charge in [-0.05, 0) is 9.03 Å². The topological polar surface area (TPSA) is 36.4 Å². The summed E-state index contributed by atoms with van der Waals surface area (Å²) in [6.45, 7) is 0. The number of nitrogens with zero attached hydrogens (tertiary/aromatic N) is 1. The fourth-order valence-corrected chi connectivity index (χ4v) is 1.98. The van der Waals surface area contributed by atoms with Crippen molar-refractivity contribution in [3.63, 3.8) is 0 Å². The summed E-state index contributed by atoms with van der Waals surface area (Å²) in [6, 6.07) is 0. The van der Waals surface area contributed by atoms with Crippen molar-refractivity contribution in [1.29, 1.82) is 0 Å². The first-order valence-electron chi connectivity index (χ1n) is 1.49. The Labute approximate surface area is 51.1 Å². The molecule has 3 nitrogen and oxygen atoms in total. The van der Waals surface area contributed by atoms with Gasteiger partial charge >= 0.3 is 0 Å². The molecule has 0 aliphatic rings. The van der Waals surface area contributed by atoms with Crippen molar-refractivity contribution in [3.8, 4) is 0 Å². The molecule has 0 amide bonds. The molecule has 42 valence electrons. The molecule has 3 unspecified atom stereocenters. The maximum absolute atomic E-state index is 3.65. The summed E-state index contributed by atoms with van der Waals surface area (Å²) >= 11 is 0. The molecule has 0 aliphatic carbocycles. The van der Waals surface area contributed by atoms with Gasteiger partial charge in [-0.25, -0.2) is 9.37 Å². The zero-order chi connectivity index (χ0) is 5.54. The molecule has 0 heterocycles. The lowest BCUT2D eigenvalue weighted by molar-refractivity contribution is 1.58. The van der Waals surface area contributed by atoms with Crippen LogP contribution in [0.4, 0.5) is 0 Å². The van der Waals surface area contributed by atoms with Crippen LogP contribution in [0.25, 0.3) is 0 Å². The van der Waals surface area contributed by atoms with E-state index >= 15 is 0 Å². The summed E-state index contributed by atoms with van der Waals surface area (Å²) < 4.78 is 3.65. The van der Waals surface area contributed by atoms with E-state index in [2.05, 4.69) is 32.7 Å². The Hall–Kier alpha value is 1.31. The Kier molecular flexibility index (Phi) is 8.68. The van der Waals surface area contributed by atoms with Crippen LogP contribution in [0.2, 0.25) is 0 Å². The molecule has 0 aromatic heterocycles. The maximum Gasteiger partial charge on any atom is 0.0807 e. The summed E-state index contributed by atoms with van der Waals surface area (Å²) in [5.41, 5.74) is 0. The van der Waals surface area contributed by atoms with Crippen molar-refractivity contribution in [2.75, 3.05) is 0 Å². The Bertz CT molecular complexity index is 44.2. The monoisotopic (exact) mass is 173 g/mol. The first kappa shape index (κ1) is 8.31. The van der Waals surface area contributed by atoms with E-state index in [4.69, 9.17) is 0 Å². The molecule has 0 saturated carbocycles. The van der Waals surface area contributed by atoms with Crippen LogP contribution in [-0.4, -0.2) is 0 Å². The molecule has 0 spiro atoms. The van der Waals surface area contributed by atoms with Gasteiger partial charge in [-0.3, -0.25) is 4.86 Å². The van der Waals surface area contributed by atoms with Crippen molar-refractivity contribution >= 4 is 36.2 Å². The van der Waals surface area contributed by atoms with Gasteiger partial charge in [0.2, 0.25) is 0 Å². The van der Waals surface area contributed by atoms with E-state index in [0.717, 1.165) is 0 Å². The minimum atomic E-state index is 0.447. The molecule has 0 rings (SSSR count). The lowest BCUT2D eigenvalue weighted by Crippen LogP contribution is -1.86. The van der Waals surface area contributed by atoms with Crippen molar-refractivity contribution in [2.24, 2.45) is 4.52 Å². The highest BCUT2D eigenvalue weighted by Crippen LogP contribution is 2.14. The van der Waals surface area contributed by atoms with Crippen molar-refractivity contribution in [2.45, 2.75) is 0 Å². The fourth-order valence-electron chi connectivity index (χ4n) is 0.0920. The van der Waals surface area contributed by atoms with E-state index in [1.807, 2.05) is 0 Å². The molecule has 7 heteroatoms. The summed E-state index contributed by atoms with van der Waals surface area (Å²) in [4.78, 5) is 5.85. The molecule has 0 bridgehead atoms. The standard InChI is InChI=1S/H7N3P4/c4-1-6-3-7-2-5/h1,3,5-7H,4H2. The molecule has 0 radical (unpaired) electrons. The van der Waals surface area contributed by atoms with Crippen LogP contribution in [0, 0.1) is 0 Å². The Morgan fingerprint density at radius 1 is 1.71 bits per heavy atom. The number of nitrogens with one attached hydrogen (secondary N) is 2.